The molecule has 1 atom stereocenters. The van der Waals surface area contributed by atoms with Crippen LogP contribution >= 0.6 is 0 Å². The number of benzene rings is 1. The Balaban J connectivity index is 2.29. The van der Waals surface area contributed by atoms with Crippen molar-refractivity contribution in [1.82, 2.24) is 5.32 Å². The predicted molar refractivity (Wildman–Crippen MR) is 62.7 cm³/mol. The second kappa shape index (κ2) is 4.67. The van der Waals surface area contributed by atoms with E-state index in [-0.39, 0.29) is 18.7 Å². The highest BCUT2D eigenvalue weighted by atomic mass is 16.4. The molecule has 0 aromatic heterocycles. The number of nitrogens with one attached hydrogen (secondary N) is 1. The molecule has 2 rings (SSSR count). The second-order valence-electron chi connectivity index (χ2n) is 4.40. The number of carboxylic acid groups (broad SMARTS) is 1. The van der Waals surface area contributed by atoms with Crippen LogP contribution in [-0.4, -0.2) is 29.9 Å². The molecule has 1 aliphatic rings. The van der Waals surface area contributed by atoms with Gasteiger partial charge in [-0.2, -0.15) is 0 Å². The van der Waals surface area contributed by atoms with E-state index in [1.165, 1.54) is 0 Å². The molecule has 0 spiro atoms. The van der Waals surface area contributed by atoms with Crippen molar-refractivity contribution in [2.75, 3.05) is 13.1 Å². The van der Waals surface area contributed by atoms with E-state index in [9.17, 15) is 14.7 Å². The summed E-state index contributed by atoms with van der Waals surface area (Å²) in [6.07, 6.45) is 0.550. The molecule has 0 saturated carbocycles. The van der Waals surface area contributed by atoms with Crippen molar-refractivity contribution in [2.24, 2.45) is 5.41 Å². The molecule has 0 radical (unpaired) electrons. The maximum atomic E-state index is 11.9. The van der Waals surface area contributed by atoms with Gasteiger partial charge in [0.05, 0.1) is 0 Å². The monoisotopic (exact) mass is 233 g/mol. The summed E-state index contributed by atoms with van der Waals surface area (Å²) in [6.45, 7) is 0.790. The van der Waals surface area contributed by atoms with Gasteiger partial charge < -0.3 is 10.4 Å². The van der Waals surface area contributed by atoms with Crippen LogP contribution < -0.4 is 5.32 Å². The third kappa shape index (κ3) is 2.22. The van der Waals surface area contributed by atoms with E-state index in [2.05, 4.69) is 5.32 Å². The lowest BCUT2D eigenvalue weighted by Gasteiger charge is -2.32. The van der Waals surface area contributed by atoms with Crippen LogP contribution in [0.5, 0.6) is 0 Å². The normalized spacial score (nSPS) is 24.6. The van der Waals surface area contributed by atoms with Gasteiger partial charge in [-0.15, -0.1) is 0 Å². The third-order valence-electron chi connectivity index (χ3n) is 3.25. The Morgan fingerprint density at radius 2 is 2.06 bits per heavy atom. The molecule has 17 heavy (non-hydrogen) atoms. The van der Waals surface area contributed by atoms with Crippen LogP contribution in [0.1, 0.15) is 12.0 Å². The highest BCUT2D eigenvalue weighted by Crippen LogP contribution is 2.28. The van der Waals surface area contributed by atoms with Crippen molar-refractivity contribution in [2.45, 2.75) is 12.8 Å². The molecule has 1 aliphatic heterocycles. The molecule has 1 fully saturated rings. The van der Waals surface area contributed by atoms with E-state index in [4.69, 9.17) is 0 Å². The zero-order chi connectivity index (χ0) is 12.3. The van der Waals surface area contributed by atoms with E-state index >= 15 is 0 Å². The lowest BCUT2D eigenvalue weighted by molar-refractivity contribution is -0.155. The Bertz CT molecular complexity index is 430. The molecular weight excluding hydrogens is 218 g/mol. The number of hydrogen-bond donors (Lipinski definition) is 2. The van der Waals surface area contributed by atoms with Gasteiger partial charge in [0.1, 0.15) is 5.41 Å². The van der Waals surface area contributed by atoms with Crippen molar-refractivity contribution in [3.63, 3.8) is 0 Å². The van der Waals surface area contributed by atoms with Gasteiger partial charge in [0.25, 0.3) is 0 Å². The van der Waals surface area contributed by atoms with Gasteiger partial charge in [-0.25, -0.2) is 0 Å². The number of carboxylic acids is 1. The number of hydrogen-bond acceptors (Lipinski definition) is 3. The summed E-state index contributed by atoms with van der Waals surface area (Å²) in [5, 5.41) is 12.4. The van der Waals surface area contributed by atoms with Gasteiger partial charge in [0.15, 0.2) is 5.78 Å². The smallest absolute Gasteiger partial charge is 0.318 e. The largest absolute Gasteiger partial charge is 0.480 e. The van der Waals surface area contributed by atoms with E-state index in [0.29, 0.717) is 13.0 Å². The molecule has 1 saturated heterocycles. The number of ketones is 1. The van der Waals surface area contributed by atoms with Crippen LogP contribution in [0.2, 0.25) is 0 Å². The Kier molecular flexibility index (Phi) is 3.24. The van der Waals surface area contributed by atoms with Crippen LogP contribution in [0.25, 0.3) is 0 Å². The van der Waals surface area contributed by atoms with Gasteiger partial charge in [-0.1, -0.05) is 30.3 Å². The molecule has 0 amide bonds. The van der Waals surface area contributed by atoms with Crippen molar-refractivity contribution in [3.05, 3.63) is 35.9 Å². The highest BCUT2D eigenvalue weighted by Gasteiger charge is 2.46. The number of piperidine rings is 1. The molecule has 90 valence electrons. The average molecular weight is 233 g/mol. The first-order valence-electron chi connectivity index (χ1n) is 5.66. The van der Waals surface area contributed by atoms with E-state index in [0.717, 1.165) is 5.56 Å². The molecule has 0 bridgehead atoms. The molecule has 2 N–H and O–H groups in total. The van der Waals surface area contributed by atoms with Crippen LogP contribution in [-0.2, 0) is 16.0 Å². The van der Waals surface area contributed by atoms with Crippen molar-refractivity contribution in [1.29, 1.82) is 0 Å². The molecule has 1 aromatic rings. The van der Waals surface area contributed by atoms with Gasteiger partial charge in [0.2, 0.25) is 0 Å². The summed E-state index contributed by atoms with van der Waals surface area (Å²) < 4.78 is 0. The number of carbonyl (C=O) groups is 2. The summed E-state index contributed by atoms with van der Waals surface area (Å²) in [5.41, 5.74) is -0.411. The fourth-order valence-corrected chi connectivity index (χ4v) is 2.22. The minimum Gasteiger partial charge on any atom is -0.480 e. The molecule has 1 aromatic carbocycles. The maximum absolute atomic E-state index is 11.9. The first-order chi connectivity index (χ1) is 8.15. The minimum absolute atomic E-state index is 0.174. The molecule has 4 heteroatoms. The van der Waals surface area contributed by atoms with Crippen LogP contribution in [0.15, 0.2) is 30.3 Å². The second-order valence-corrected chi connectivity index (χ2v) is 4.40. The fraction of sp³-hybridized carbons (Fsp3) is 0.385. The molecule has 4 nitrogen and oxygen atoms in total. The van der Waals surface area contributed by atoms with Crippen LogP contribution in [0.4, 0.5) is 0 Å². The van der Waals surface area contributed by atoms with Crippen LogP contribution in [0.3, 0.4) is 0 Å². The van der Waals surface area contributed by atoms with Crippen molar-refractivity contribution in [3.8, 4) is 0 Å². The van der Waals surface area contributed by atoms with E-state index in [1.807, 2.05) is 30.3 Å². The summed E-state index contributed by atoms with van der Waals surface area (Å²) in [4.78, 5) is 23.4. The summed E-state index contributed by atoms with van der Waals surface area (Å²) in [7, 11) is 0. The Morgan fingerprint density at radius 1 is 1.35 bits per heavy atom. The highest BCUT2D eigenvalue weighted by molar-refractivity contribution is 6.04. The predicted octanol–water partition coefficient (Wildman–Crippen LogP) is 0.863. The lowest BCUT2D eigenvalue weighted by atomic mass is 9.75. The van der Waals surface area contributed by atoms with Crippen molar-refractivity contribution < 1.29 is 14.7 Å². The Hall–Kier alpha value is -1.68. The first-order valence-corrected chi connectivity index (χ1v) is 5.66. The summed E-state index contributed by atoms with van der Waals surface area (Å²) in [5.74, 6) is -1.20. The SMILES string of the molecule is O=C(O)C1(Cc2ccccc2)CNCCC1=O. The van der Waals surface area contributed by atoms with Gasteiger partial charge in [0, 0.05) is 19.5 Å². The average Bonchev–Trinajstić information content (AvgIpc) is 2.33. The number of aliphatic carboxylic acids is 1. The number of carbonyl (C=O) groups excluding carboxylic acids is 1. The van der Waals surface area contributed by atoms with Gasteiger partial charge in [-0.05, 0) is 12.0 Å². The zero-order valence-electron chi connectivity index (χ0n) is 9.48. The molecular formula is C13H15NO3. The Labute approximate surface area is 99.6 Å². The summed E-state index contributed by atoms with van der Waals surface area (Å²) in [6, 6.07) is 9.29. The number of rotatable bonds is 3. The van der Waals surface area contributed by atoms with Crippen LogP contribution in [0, 0.1) is 5.41 Å². The maximum Gasteiger partial charge on any atom is 0.318 e. The lowest BCUT2D eigenvalue weighted by Crippen LogP contribution is -2.53. The minimum atomic E-state index is -1.29. The fourth-order valence-electron chi connectivity index (χ4n) is 2.22. The number of Topliss-reactive ketones (excluding diaryl/α,β-unsaturated/α-hetero) is 1. The quantitative estimate of drug-likeness (QED) is 0.760. The standard InChI is InChI=1S/C13H15NO3/c15-11-6-7-14-9-13(11,12(16)17)8-10-4-2-1-3-5-10/h1-5,14H,6-9H2,(H,16,17). The Morgan fingerprint density at radius 3 is 2.65 bits per heavy atom. The van der Waals surface area contributed by atoms with Gasteiger partial charge >= 0.3 is 5.97 Å². The third-order valence-corrected chi connectivity index (χ3v) is 3.25. The van der Waals surface area contributed by atoms with E-state index < -0.39 is 11.4 Å². The topological polar surface area (TPSA) is 66.4 Å². The molecule has 0 aliphatic carbocycles. The van der Waals surface area contributed by atoms with E-state index in [1.54, 1.807) is 0 Å². The zero-order valence-corrected chi connectivity index (χ0v) is 9.48. The van der Waals surface area contributed by atoms with Gasteiger partial charge in [-0.3, -0.25) is 9.59 Å². The molecule has 1 unspecified atom stereocenters. The first kappa shape index (κ1) is 11.8. The molecule has 1 heterocycles. The van der Waals surface area contributed by atoms with Crippen molar-refractivity contribution >= 4 is 11.8 Å². The summed E-state index contributed by atoms with van der Waals surface area (Å²) >= 11 is 0.